The van der Waals surface area contributed by atoms with Gasteiger partial charge in [0.05, 0.1) is 80.0 Å². The maximum absolute atomic E-state index is 5.14. The van der Waals surface area contributed by atoms with Crippen molar-refractivity contribution in [2.24, 2.45) is 0 Å². The summed E-state index contributed by atoms with van der Waals surface area (Å²) in [4.78, 5) is 49.3. The van der Waals surface area contributed by atoms with Gasteiger partial charge in [0.1, 0.15) is 11.4 Å². The molecule has 17 aromatic carbocycles. The first-order valence-corrected chi connectivity index (χ1v) is 43.7. The van der Waals surface area contributed by atoms with Crippen LogP contribution in [0.1, 0.15) is 0 Å². The van der Waals surface area contributed by atoms with Gasteiger partial charge in [0.25, 0.3) is 0 Å². The Bertz CT molecular complexity index is 8600. The van der Waals surface area contributed by atoms with E-state index in [0.29, 0.717) is 58.0 Å². The largest absolute Gasteiger partial charge is 0.309 e. The molecule has 0 aliphatic rings. The number of hydrogen-bond donors (Lipinski definition) is 0. The standard InChI is InChI=1S/C67H42N8.C49H31N7/c1-5-17-43(18-6-1)65-70-66(44-19-7-2-8-20-44)72-67(71-65)57-41-69-64(42-68-57)75-62-35-31-47(45-29-33-60-53(37-45)51-25-13-15-27-58(51)73(60)49-21-9-3-10-22-49)39-55(62)56-40-48(32-36-63(56)75)46-30-34-61-54(38-46)52-26-14-16-28-59(52)74(61)50-23-11-4-12-24-50;1-4-14-32(15-5-1)47-52-48(33-16-6-2-7-17-33)54-49(53-47)41-30-51-46(31-50-41)56-43-23-13-11-21-38(43)40-29-35(25-27-45(40)56)34-24-26-44-39(28-34)37-20-10-12-22-42(37)55(44)36-18-8-3-9-19-36/h1-42H;1-31H. The van der Waals surface area contributed by atoms with Gasteiger partial charge in [-0.1, -0.05) is 285 Å². The molecule has 0 aliphatic heterocycles. The van der Waals surface area contributed by atoms with Crippen molar-refractivity contribution in [1.82, 2.24) is 72.7 Å². The number of rotatable bonds is 14. The Morgan fingerprint density at radius 1 is 0.137 bits per heavy atom. The van der Waals surface area contributed by atoms with Crippen molar-refractivity contribution >= 4 is 109 Å². The molecule has 0 spiro atoms. The van der Waals surface area contributed by atoms with Crippen LogP contribution in [-0.2, 0) is 0 Å². The Morgan fingerprint density at radius 2 is 0.336 bits per heavy atom. The zero-order valence-corrected chi connectivity index (χ0v) is 70.4. The van der Waals surface area contributed by atoms with E-state index < -0.39 is 0 Å². The summed E-state index contributed by atoms with van der Waals surface area (Å²) < 4.78 is 11.5. The Morgan fingerprint density at radius 3 is 0.580 bits per heavy atom. The predicted octanol–water partition coefficient (Wildman–Crippen LogP) is 27.8. The van der Waals surface area contributed by atoms with Gasteiger partial charge in [-0.05, 0) is 167 Å². The fraction of sp³-hybridized carbons (Fsp3) is 0. The molecule has 131 heavy (non-hydrogen) atoms. The lowest BCUT2D eigenvalue weighted by Gasteiger charge is -2.10. The number of para-hydroxylation sites is 7. The fourth-order valence-electron chi connectivity index (χ4n) is 19.0. The van der Waals surface area contributed by atoms with Gasteiger partial charge in [-0.3, -0.25) is 9.13 Å². The highest BCUT2D eigenvalue weighted by molar-refractivity contribution is 6.16. The first kappa shape index (κ1) is 75.4. The second kappa shape index (κ2) is 31.5. The summed E-state index contributed by atoms with van der Waals surface area (Å²) in [5.74, 6) is 4.62. The molecule has 0 radical (unpaired) electrons. The molecule has 15 nitrogen and oxygen atoms in total. The highest BCUT2D eigenvalue weighted by Gasteiger charge is 2.24. The average Bonchev–Trinajstić information content (AvgIpc) is 1.58. The molecule has 0 saturated heterocycles. The summed E-state index contributed by atoms with van der Waals surface area (Å²) in [6, 6.07) is 147. The van der Waals surface area contributed by atoms with E-state index in [1.807, 2.05) is 128 Å². The third kappa shape index (κ3) is 13.2. The second-order valence-electron chi connectivity index (χ2n) is 32.7. The van der Waals surface area contributed by atoms with Gasteiger partial charge in [0.15, 0.2) is 46.6 Å². The molecule has 9 aromatic heterocycles. The van der Waals surface area contributed by atoms with Gasteiger partial charge >= 0.3 is 0 Å². The van der Waals surface area contributed by atoms with Crippen molar-refractivity contribution in [3.8, 4) is 131 Å². The molecule has 0 fully saturated rings. The zero-order chi connectivity index (χ0) is 86.4. The van der Waals surface area contributed by atoms with Crippen LogP contribution in [0.5, 0.6) is 0 Å². The monoisotopic (exact) mass is 1680 g/mol. The lowest BCUT2D eigenvalue weighted by Crippen LogP contribution is -2.03. The normalized spacial score (nSPS) is 11.7. The molecular weight excluding hydrogens is 1600 g/mol. The van der Waals surface area contributed by atoms with Crippen molar-refractivity contribution < 1.29 is 0 Å². The maximum atomic E-state index is 5.14. The lowest BCUT2D eigenvalue weighted by atomic mass is 9.98. The first-order chi connectivity index (χ1) is 64.9. The van der Waals surface area contributed by atoms with Crippen LogP contribution in [0.3, 0.4) is 0 Å². The molecule has 26 rings (SSSR count). The zero-order valence-electron chi connectivity index (χ0n) is 70.4. The van der Waals surface area contributed by atoms with Gasteiger partial charge in [-0.15, -0.1) is 0 Å². The number of aromatic nitrogens is 15. The van der Waals surface area contributed by atoms with Gasteiger partial charge in [0, 0.05) is 93.2 Å². The third-order valence-corrected chi connectivity index (χ3v) is 25.1. The van der Waals surface area contributed by atoms with Crippen molar-refractivity contribution in [3.05, 3.63) is 443 Å². The molecule has 0 N–H and O–H groups in total. The molecule has 0 bridgehead atoms. The van der Waals surface area contributed by atoms with Gasteiger partial charge in [0.2, 0.25) is 0 Å². The second-order valence-corrected chi connectivity index (χ2v) is 32.7. The fourth-order valence-corrected chi connectivity index (χ4v) is 19.0. The Labute approximate surface area is 750 Å². The molecule has 0 unspecified atom stereocenters. The summed E-state index contributed by atoms with van der Waals surface area (Å²) in [7, 11) is 0. The third-order valence-electron chi connectivity index (χ3n) is 25.1. The van der Waals surface area contributed by atoms with E-state index in [0.717, 1.165) is 111 Å². The van der Waals surface area contributed by atoms with Crippen LogP contribution in [0, 0.1) is 0 Å². The average molecular weight is 1680 g/mol. The van der Waals surface area contributed by atoms with Crippen LogP contribution in [-0.4, -0.2) is 72.7 Å². The summed E-state index contributed by atoms with van der Waals surface area (Å²) in [6.45, 7) is 0. The quantitative estimate of drug-likeness (QED) is 0.103. The van der Waals surface area contributed by atoms with E-state index in [-0.39, 0.29) is 0 Å². The molecule has 0 aliphatic carbocycles. The molecule has 612 valence electrons. The highest BCUT2D eigenvalue weighted by atomic mass is 15.1. The number of benzene rings is 17. The molecule has 15 heteroatoms. The van der Waals surface area contributed by atoms with E-state index in [9.17, 15) is 0 Å². The predicted molar refractivity (Wildman–Crippen MR) is 531 cm³/mol. The van der Waals surface area contributed by atoms with Crippen LogP contribution >= 0.6 is 0 Å². The van der Waals surface area contributed by atoms with Crippen LogP contribution in [0.25, 0.3) is 240 Å². The van der Waals surface area contributed by atoms with Crippen molar-refractivity contribution in [1.29, 1.82) is 0 Å². The smallest absolute Gasteiger partial charge is 0.184 e. The number of hydrogen-bond acceptors (Lipinski definition) is 10. The van der Waals surface area contributed by atoms with E-state index in [1.165, 1.54) is 71.0 Å². The minimum Gasteiger partial charge on any atom is -0.309 e. The molecule has 9 heterocycles. The van der Waals surface area contributed by atoms with E-state index in [2.05, 4.69) is 320 Å². The lowest BCUT2D eigenvalue weighted by molar-refractivity contribution is 1.01. The maximum Gasteiger partial charge on any atom is 0.184 e. The molecular formula is C116H73N15. The minimum absolute atomic E-state index is 0.450. The summed E-state index contributed by atoms with van der Waals surface area (Å²) >= 11 is 0. The number of fused-ring (bicyclic) bond motifs is 15. The highest BCUT2D eigenvalue weighted by Crippen LogP contribution is 2.44. The van der Waals surface area contributed by atoms with Crippen molar-refractivity contribution in [2.45, 2.75) is 0 Å². The van der Waals surface area contributed by atoms with E-state index >= 15 is 0 Å². The summed E-state index contributed by atoms with van der Waals surface area (Å²) in [5.41, 5.74) is 26.2. The molecule has 26 aromatic rings. The van der Waals surface area contributed by atoms with Crippen LogP contribution in [0.4, 0.5) is 0 Å². The van der Waals surface area contributed by atoms with Crippen molar-refractivity contribution in [2.75, 3.05) is 0 Å². The van der Waals surface area contributed by atoms with Crippen LogP contribution in [0.2, 0.25) is 0 Å². The van der Waals surface area contributed by atoms with Crippen molar-refractivity contribution in [3.63, 3.8) is 0 Å². The Balaban J connectivity index is 0.000000147. The summed E-state index contributed by atoms with van der Waals surface area (Å²) in [5, 5.41) is 11.8. The van der Waals surface area contributed by atoms with E-state index in [4.69, 9.17) is 49.8 Å². The Hall–Kier alpha value is -18.1. The van der Waals surface area contributed by atoms with E-state index in [1.54, 1.807) is 18.6 Å². The van der Waals surface area contributed by atoms with Crippen LogP contribution < -0.4 is 0 Å². The minimum atomic E-state index is 0.450. The van der Waals surface area contributed by atoms with Crippen LogP contribution in [0.15, 0.2) is 443 Å². The Kier molecular flexibility index (Phi) is 18.2. The van der Waals surface area contributed by atoms with Gasteiger partial charge in [-0.2, -0.15) is 0 Å². The molecule has 0 saturated carbocycles. The molecule has 0 amide bonds. The SMILES string of the molecule is c1ccc(-c2nc(-c3ccccc3)nc(-c3cnc(-n4c5ccc(-c6ccc7c(c6)c6ccccc6n7-c6ccccc6)cc5c5cc(-c6ccc7c(c6)c6ccccc6n7-c6ccccc6)ccc54)cn3)n2)cc1.c1ccc(-c2nc(-c3ccccc3)nc(-c3cnc(-n4c5ccccc5c5cc(-c6ccc7c(c6)c6ccccc6n7-c6ccccc6)ccc54)cn3)n2)cc1. The number of nitrogens with zero attached hydrogens (tertiary/aromatic N) is 15. The van der Waals surface area contributed by atoms with Gasteiger partial charge in [-0.25, -0.2) is 49.8 Å². The molecule has 0 atom stereocenters. The first-order valence-electron chi connectivity index (χ1n) is 43.7. The van der Waals surface area contributed by atoms with Gasteiger partial charge < -0.3 is 13.7 Å². The topological polar surface area (TPSA) is 154 Å². The summed E-state index contributed by atoms with van der Waals surface area (Å²) in [6.07, 6.45) is 7.16.